The van der Waals surface area contributed by atoms with Crippen LogP contribution in [0.5, 0.6) is 0 Å². The van der Waals surface area contributed by atoms with Crippen LogP contribution in [0.1, 0.15) is 79.6 Å². The summed E-state index contributed by atoms with van der Waals surface area (Å²) in [6.07, 6.45) is 0.195. The zero-order valence-electron chi connectivity index (χ0n) is 21.2. The summed E-state index contributed by atoms with van der Waals surface area (Å²) in [6, 6.07) is 0. The van der Waals surface area contributed by atoms with Gasteiger partial charge in [0, 0.05) is 17.3 Å². The molecule has 0 aromatic heterocycles. The first-order valence-electron chi connectivity index (χ1n) is 13.0. The largest absolute Gasteiger partial charge is 0.392 e. The number of aliphatic hydroxyl groups excluding tert-OH is 4. The molecule has 0 saturated heterocycles. The van der Waals surface area contributed by atoms with E-state index < -0.39 is 64.2 Å². The van der Waals surface area contributed by atoms with Crippen molar-refractivity contribution in [1.29, 1.82) is 0 Å². The Hall–Kier alpha value is -0.830. The second kappa shape index (κ2) is 8.35. The van der Waals surface area contributed by atoms with Crippen LogP contribution in [0.4, 0.5) is 0 Å². The number of hydrogen-bond acceptors (Lipinski definition) is 7. The summed E-state index contributed by atoms with van der Waals surface area (Å²) >= 11 is 0. The fourth-order valence-corrected chi connectivity index (χ4v) is 8.44. The molecule has 4 aliphatic rings. The molecule has 3 unspecified atom stereocenters. The van der Waals surface area contributed by atoms with Crippen LogP contribution in [0.3, 0.4) is 0 Å². The maximum atomic E-state index is 13.3. The van der Waals surface area contributed by atoms with Gasteiger partial charge in [0.05, 0.1) is 35.6 Å². The van der Waals surface area contributed by atoms with E-state index in [4.69, 9.17) is 0 Å². The van der Waals surface area contributed by atoms with Gasteiger partial charge in [0.2, 0.25) is 0 Å². The van der Waals surface area contributed by atoms with Gasteiger partial charge in [0.1, 0.15) is 0 Å². The molecule has 0 radical (unpaired) electrons. The number of carbonyl (C=O) groups excluding carboxylic acids is 1. The van der Waals surface area contributed by atoms with Crippen molar-refractivity contribution in [2.45, 2.75) is 115 Å². The molecule has 0 aromatic rings. The Kier molecular flexibility index (Phi) is 6.45. The Bertz CT molecular complexity index is 852. The molecule has 4 aliphatic carbocycles. The molecule has 11 atom stereocenters. The van der Waals surface area contributed by atoms with Gasteiger partial charge in [-0.2, -0.15) is 0 Å². The highest BCUT2D eigenvalue weighted by Gasteiger charge is 2.71. The topological polar surface area (TPSA) is 138 Å². The quantitative estimate of drug-likeness (QED) is 0.352. The fourth-order valence-electron chi connectivity index (χ4n) is 8.44. The Morgan fingerprint density at radius 2 is 1.74 bits per heavy atom. The minimum absolute atomic E-state index is 0.137. The second-order valence-corrected chi connectivity index (χ2v) is 13.0. The van der Waals surface area contributed by atoms with Gasteiger partial charge < -0.3 is 30.6 Å². The van der Waals surface area contributed by atoms with Gasteiger partial charge in [0.25, 0.3) is 0 Å². The predicted molar refractivity (Wildman–Crippen MR) is 127 cm³/mol. The molecule has 3 saturated carbocycles. The minimum Gasteiger partial charge on any atom is -0.392 e. The van der Waals surface area contributed by atoms with Crippen molar-refractivity contribution in [3.8, 4) is 0 Å². The molecule has 0 aromatic carbocycles. The fraction of sp³-hybridized carbons (Fsp3) is 0.889. The van der Waals surface area contributed by atoms with Crippen molar-refractivity contribution in [3.63, 3.8) is 0 Å². The monoisotopic (exact) mass is 480 g/mol. The van der Waals surface area contributed by atoms with Crippen molar-refractivity contribution in [1.82, 2.24) is 0 Å². The van der Waals surface area contributed by atoms with Crippen LogP contribution in [0.25, 0.3) is 0 Å². The van der Waals surface area contributed by atoms with Crippen LogP contribution >= 0.6 is 0 Å². The first-order valence-corrected chi connectivity index (χ1v) is 13.0. The van der Waals surface area contributed by atoms with E-state index in [-0.39, 0.29) is 25.0 Å². The van der Waals surface area contributed by atoms with Gasteiger partial charge in [-0.25, -0.2) is 0 Å². The summed E-state index contributed by atoms with van der Waals surface area (Å²) in [5, 5.41) is 66.9. The van der Waals surface area contributed by atoms with E-state index in [9.17, 15) is 35.4 Å². The lowest BCUT2D eigenvalue weighted by Crippen LogP contribution is -2.66. The van der Waals surface area contributed by atoms with Crippen LogP contribution < -0.4 is 0 Å². The van der Waals surface area contributed by atoms with Crippen LogP contribution in [0, 0.1) is 34.5 Å². The first kappa shape index (κ1) is 26.2. The van der Waals surface area contributed by atoms with Crippen LogP contribution in [0.15, 0.2) is 11.6 Å². The summed E-state index contributed by atoms with van der Waals surface area (Å²) in [5.74, 6) is -1.32. The number of allylic oxidation sites excluding steroid dienone is 1. The SMILES string of the molecule is CC(C)CC[C@@H](O)[C@](C)(O)C1CC[C@@]2(O)C3=CC(=O)C4C[C@@H](O)[C@@H](O)C[C@]4(C)C3[C@H](O)C[C@]12C. The molecule has 0 bridgehead atoms. The van der Waals surface area contributed by atoms with Crippen LogP contribution in [-0.2, 0) is 4.79 Å². The van der Waals surface area contributed by atoms with Crippen molar-refractivity contribution in [2.75, 3.05) is 0 Å². The van der Waals surface area contributed by atoms with Crippen molar-refractivity contribution in [3.05, 3.63) is 11.6 Å². The lowest BCUT2D eigenvalue weighted by atomic mass is 9.45. The normalized spacial score (nSPS) is 49.1. The Morgan fingerprint density at radius 1 is 1.09 bits per heavy atom. The summed E-state index contributed by atoms with van der Waals surface area (Å²) in [7, 11) is 0. The Labute approximate surface area is 202 Å². The average molecular weight is 481 g/mol. The van der Waals surface area contributed by atoms with Crippen molar-refractivity contribution < 1.29 is 35.4 Å². The number of ketones is 1. The number of hydrogen-bond donors (Lipinski definition) is 6. The van der Waals surface area contributed by atoms with Crippen molar-refractivity contribution >= 4 is 5.78 Å². The maximum Gasteiger partial charge on any atom is 0.159 e. The highest BCUT2D eigenvalue weighted by atomic mass is 16.3. The molecule has 7 nitrogen and oxygen atoms in total. The third kappa shape index (κ3) is 3.57. The van der Waals surface area contributed by atoms with Crippen molar-refractivity contribution in [2.24, 2.45) is 34.5 Å². The molecule has 194 valence electrons. The predicted octanol–water partition coefficient (Wildman–Crippen LogP) is 1.71. The summed E-state index contributed by atoms with van der Waals surface area (Å²) < 4.78 is 0. The Balaban J connectivity index is 1.73. The second-order valence-electron chi connectivity index (χ2n) is 13.0. The lowest BCUT2D eigenvalue weighted by molar-refractivity contribution is -0.196. The number of carbonyl (C=O) groups is 1. The Morgan fingerprint density at radius 3 is 2.35 bits per heavy atom. The minimum atomic E-state index is -1.46. The average Bonchev–Trinajstić information content (AvgIpc) is 2.99. The smallest absolute Gasteiger partial charge is 0.159 e. The van der Waals surface area contributed by atoms with E-state index in [1.807, 2.05) is 13.8 Å². The molecule has 0 spiro atoms. The molecular weight excluding hydrogens is 436 g/mol. The molecule has 7 heteroatoms. The van der Waals surface area contributed by atoms with Gasteiger partial charge in [-0.05, 0) is 80.8 Å². The van der Waals surface area contributed by atoms with E-state index >= 15 is 0 Å². The molecule has 0 aliphatic heterocycles. The molecular formula is C27H44O7. The van der Waals surface area contributed by atoms with E-state index in [1.165, 1.54) is 6.08 Å². The lowest BCUT2D eigenvalue weighted by Gasteiger charge is -2.62. The molecule has 0 amide bonds. The zero-order valence-corrected chi connectivity index (χ0v) is 21.2. The van der Waals surface area contributed by atoms with Gasteiger partial charge >= 0.3 is 0 Å². The number of fused-ring (bicyclic) bond motifs is 5. The summed E-state index contributed by atoms with van der Waals surface area (Å²) in [6.45, 7) is 9.52. The van der Waals surface area contributed by atoms with E-state index in [1.54, 1.807) is 6.92 Å². The number of aliphatic hydroxyl groups is 6. The van der Waals surface area contributed by atoms with E-state index in [0.29, 0.717) is 30.8 Å². The third-order valence-corrected chi connectivity index (χ3v) is 10.5. The van der Waals surface area contributed by atoms with E-state index in [0.717, 1.165) is 6.42 Å². The highest BCUT2D eigenvalue weighted by molar-refractivity contribution is 5.95. The maximum absolute atomic E-state index is 13.3. The van der Waals surface area contributed by atoms with Crippen LogP contribution in [0.2, 0.25) is 0 Å². The van der Waals surface area contributed by atoms with Crippen LogP contribution in [-0.4, -0.2) is 72.0 Å². The third-order valence-electron chi connectivity index (χ3n) is 10.5. The van der Waals surface area contributed by atoms with Gasteiger partial charge in [0.15, 0.2) is 5.78 Å². The standard InChI is InChI=1S/C27H44O7/c1-14(2)6-7-22(32)26(5,33)21-8-9-27(34)16-11-17(28)15-10-18(29)19(30)12-24(15,3)23(16)20(31)13-25(21,27)4/h11,14-15,18-23,29-34H,6-10,12-13H2,1-5H3/t15?,18-,19+,20-,21?,22-,23?,24+,25-,26-,27-/m1/s1. The molecule has 4 rings (SSSR count). The highest BCUT2D eigenvalue weighted by Crippen LogP contribution is 2.68. The van der Waals surface area contributed by atoms with Gasteiger partial charge in [-0.3, -0.25) is 4.79 Å². The molecule has 6 N–H and O–H groups in total. The first-order chi connectivity index (χ1) is 15.6. The molecule has 3 fully saturated rings. The van der Waals surface area contributed by atoms with Gasteiger partial charge in [-0.1, -0.05) is 27.7 Å². The summed E-state index contributed by atoms with van der Waals surface area (Å²) in [5.41, 5.74) is -4.09. The van der Waals surface area contributed by atoms with E-state index in [2.05, 4.69) is 13.8 Å². The molecule has 34 heavy (non-hydrogen) atoms. The zero-order chi connectivity index (χ0) is 25.4. The summed E-state index contributed by atoms with van der Waals surface area (Å²) in [4.78, 5) is 13.3. The number of rotatable bonds is 5. The molecule has 0 heterocycles. The van der Waals surface area contributed by atoms with Gasteiger partial charge in [-0.15, -0.1) is 0 Å².